The quantitative estimate of drug-likeness (QED) is 0.909. The molecular weight excluding hydrogens is 257 g/mol. The molecule has 0 aliphatic carbocycles. The molecule has 0 amide bonds. The number of benzene rings is 2. The lowest BCUT2D eigenvalue weighted by atomic mass is 9.97. The van der Waals surface area contributed by atoms with Gasteiger partial charge in [0.1, 0.15) is 5.82 Å². The van der Waals surface area contributed by atoms with Crippen molar-refractivity contribution in [1.82, 2.24) is 5.32 Å². The number of hydrogen-bond acceptors (Lipinski definition) is 3. The molecule has 0 saturated heterocycles. The minimum atomic E-state index is -0.260. The summed E-state index contributed by atoms with van der Waals surface area (Å²) in [7, 11) is 5.02. The van der Waals surface area contributed by atoms with Crippen molar-refractivity contribution in [3.63, 3.8) is 0 Å². The van der Waals surface area contributed by atoms with E-state index < -0.39 is 0 Å². The average molecular weight is 275 g/mol. The summed E-state index contributed by atoms with van der Waals surface area (Å²) in [6.45, 7) is 0. The summed E-state index contributed by atoms with van der Waals surface area (Å²) in [5.74, 6) is 1.05. The van der Waals surface area contributed by atoms with Gasteiger partial charge in [-0.25, -0.2) is 4.39 Å². The molecule has 2 aromatic carbocycles. The van der Waals surface area contributed by atoms with Crippen LogP contribution in [-0.4, -0.2) is 21.3 Å². The lowest BCUT2D eigenvalue weighted by Crippen LogP contribution is -2.18. The van der Waals surface area contributed by atoms with Gasteiger partial charge in [-0.15, -0.1) is 0 Å². The summed E-state index contributed by atoms with van der Waals surface area (Å²) in [6.07, 6.45) is 0. The third-order valence-electron chi connectivity index (χ3n) is 3.22. The zero-order valence-electron chi connectivity index (χ0n) is 11.8. The number of ether oxygens (including phenoxy) is 2. The normalized spacial score (nSPS) is 12.0. The number of hydrogen-bond donors (Lipinski definition) is 1. The zero-order valence-corrected chi connectivity index (χ0v) is 11.8. The average Bonchev–Trinajstić information content (AvgIpc) is 2.47. The number of halogens is 1. The Morgan fingerprint density at radius 3 is 2.40 bits per heavy atom. The monoisotopic (exact) mass is 275 g/mol. The molecule has 20 heavy (non-hydrogen) atoms. The van der Waals surface area contributed by atoms with Crippen LogP contribution in [0.1, 0.15) is 17.2 Å². The van der Waals surface area contributed by atoms with Gasteiger partial charge in [0.15, 0.2) is 11.5 Å². The fourth-order valence-electron chi connectivity index (χ4n) is 2.33. The topological polar surface area (TPSA) is 30.5 Å². The fraction of sp³-hybridized carbons (Fsp3) is 0.250. The molecule has 0 radical (unpaired) electrons. The van der Waals surface area contributed by atoms with E-state index in [1.165, 1.54) is 12.1 Å². The largest absolute Gasteiger partial charge is 0.493 e. The lowest BCUT2D eigenvalue weighted by Gasteiger charge is -2.21. The summed E-state index contributed by atoms with van der Waals surface area (Å²) < 4.78 is 24.2. The van der Waals surface area contributed by atoms with Crippen molar-refractivity contribution >= 4 is 0 Å². The highest BCUT2D eigenvalue weighted by Gasteiger charge is 2.19. The molecule has 106 valence electrons. The summed E-state index contributed by atoms with van der Waals surface area (Å²) >= 11 is 0. The van der Waals surface area contributed by atoms with Gasteiger partial charge in [-0.1, -0.05) is 24.3 Å². The molecule has 2 aromatic rings. The molecule has 0 saturated carbocycles. The Bertz CT molecular complexity index is 586. The van der Waals surface area contributed by atoms with E-state index in [-0.39, 0.29) is 11.9 Å². The summed E-state index contributed by atoms with van der Waals surface area (Å²) in [6, 6.07) is 12.0. The predicted octanol–water partition coefficient (Wildman–Crippen LogP) is 3.15. The molecule has 0 fully saturated rings. The van der Waals surface area contributed by atoms with Gasteiger partial charge < -0.3 is 14.8 Å². The summed E-state index contributed by atoms with van der Waals surface area (Å²) in [4.78, 5) is 0. The molecule has 3 nitrogen and oxygen atoms in total. The van der Waals surface area contributed by atoms with Crippen LogP contribution in [0.2, 0.25) is 0 Å². The highest BCUT2D eigenvalue weighted by molar-refractivity contribution is 5.50. The van der Waals surface area contributed by atoms with Gasteiger partial charge in [0, 0.05) is 5.56 Å². The van der Waals surface area contributed by atoms with Crippen LogP contribution in [0.4, 0.5) is 4.39 Å². The number of para-hydroxylation sites is 1. The smallest absolute Gasteiger partial charge is 0.165 e. The van der Waals surface area contributed by atoms with Gasteiger partial charge in [-0.05, 0) is 30.8 Å². The second-order valence-corrected chi connectivity index (χ2v) is 4.36. The Hall–Kier alpha value is -2.07. The van der Waals surface area contributed by atoms with Crippen molar-refractivity contribution in [2.24, 2.45) is 0 Å². The lowest BCUT2D eigenvalue weighted by molar-refractivity contribution is 0.349. The Labute approximate surface area is 118 Å². The molecule has 0 bridgehead atoms. The van der Waals surface area contributed by atoms with Crippen molar-refractivity contribution in [3.05, 3.63) is 59.4 Å². The Morgan fingerprint density at radius 1 is 1.05 bits per heavy atom. The van der Waals surface area contributed by atoms with Crippen molar-refractivity contribution in [1.29, 1.82) is 0 Å². The van der Waals surface area contributed by atoms with Crippen LogP contribution in [0, 0.1) is 5.82 Å². The molecular formula is C16H18FNO2. The van der Waals surface area contributed by atoms with E-state index in [4.69, 9.17) is 9.47 Å². The van der Waals surface area contributed by atoms with Crippen molar-refractivity contribution in [3.8, 4) is 11.5 Å². The van der Waals surface area contributed by atoms with Gasteiger partial charge in [0.05, 0.1) is 20.3 Å². The van der Waals surface area contributed by atoms with Crippen LogP contribution < -0.4 is 14.8 Å². The molecule has 1 atom stereocenters. The minimum absolute atomic E-state index is 0.171. The van der Waals surface area contributed by atoms with Crippen LogP contribution >= 0.6 is 0 Å². The van der Waals surface area contributed by atoms with E-state index in [2.05, 4.69) is 5.32 Å². The molecule has 0 spiro atoms. The van der Waals surface area contributed by atoms with Crippen LogP contribution in [-0.2, 0) is 0 Å². The van der Waals surface area contributed by atoms with E-state index >= 15 is 0 Å². The highest BCUT2D eigenvalue weighted by Crippen LogP contribution is 2.36. The maximum atomic E-state index is 13.4. The zero-order chi connectivity index (χ0) is 14.5. The Morgan fingerprint density at radius 2 is 1.80 bits per heavy atom. The molecule has 1 N–H and O–H groups in total. The highest BCUT2D eigenvalue weighted by atomic mass is 19.1. The maximum Gasteiger partial charge on any atom is 0.165 e. The molecule has 4 heteroatoms. The van der Waals surface area contributed by atoms with Gasteiger partial charge in [-0.2, -0.15) is 0 Å². The number of methoxy groups -OCH3 is 2. The van der Waals surface area contributed by atoms with Gasteiger partial charge in [0.2, 0.25) is 0 Å². The Kier molecular flexibility index (Phi) is 4.58. The third kappa shape index (κ3) is 2.75. The molecule has 0 heterocycles. The first-order chi connectivity index (χ1) is 9.71. The van der Waals surface area contributed by atoms with Gasteiger partial charge in [-0.3, -0.25) is 0 Å². The van der Waals surface area contributed by atoms with Crippen molar-refractivity contribution in [2.75, 3.05) is 21.3 Å². The van der Waals surface area contributed by atoms with Crippen LogP contribution in [0.3, 0.4) is 0 Å². The van der Waals surface area contributed by atoms with E-state index in [0.29, 0.717) is 11.5 Å². The molecule has 0 aromatic heterocycles. The van der Waals surface area contributed by atoms with Crippen molar-refractivity contribution < 1.29 is 13.9 Å². The summed E-state index contributed by atoms with van der Waals surface area (Å²) in [5, 5.41) is 3.19. The summed E-state index contributed by atoms with van der Waals surface area (Å²) in [5.41, 5.74) is 1.74. The van der Waals surface area contributed by atoms with Crippen LogP contribution in [0.25, 0.3) is 0 Å². The predicted molar refractivity (Wildman–Crippen MR) is 76.8 cm³/mol. The SMILES string of the molecule is CNC(c1cccc(F)c1)c1cccc(OC)c1OC. The van der Waals surface area contributed by atoms with E-state index in [1.54, 1.807) is 20.3 Å². The van der Waals surface area contributed by atoms with E-state index in [9.17, 15) is 4.39 Å². The Balaban J connectivity index is 2.52. The van der Waals surface area contributed by atoms with Crippen molar-refractivity contribution in [2.45, 2.75) is 6.04 Å². The van der Waals surface area contributed by atoms with E-state index in [0.717, 1.165) is 11.1 Å². The number of nitrogens with one attached hydrogen (secondary N) is 1. The first-order valence-corrected chi connectivity index (χ1v) is 6.35. The molecule has 2 rings (SSSR count). The molecule has 1 unspecified atom stereocenters. The van der Waals surface area contributed by atoms with Gasteiger partial charge >= 0.3 is 0 Å². The second kappa shape index (κ2) is 6.39. The molecule has 0 aliphatic rings. The number of rotatable bonds is 5. The van der Waals surface area contributed by atoms with Crippen LogP contribution in [0.15, 0.2) is 42.5 Å². The maximum absolute atomic E-state index is 13.4. The van der Waals surface area contributed by atoms with E-state index in [1.807, 2.05) is 31.3 Å². The molecule has 0 aliphatic heterocycles. The minimum Gasteiger partial charge on any atom is -0.493 e. The first-order valence-electron chi connectivity index (χ1n) is 6.35. The third-order valence-corrected chi connectivity index (χ3v) is 3.22. The first kappa shape index (κ1) is 14.3. The van der Waals surface area contributed by atoms with Crippen LogP contribution in [0.5, 0.6) is 11.5 Å². The van der Waals surface area contributed by atoms with Gasteiger partial charge in [0.25, 0.3) is 0 Å². The standard InChI is InChI=1S/C16H18FNO2/c1-18-15(11-6-4-7-12(17)10-11)13-8-5-9-14(19-2)16(13)20-3/h4-10,15,18H,1-3H3. The second-order valence-electron chi connectivity index (χ2n) is 4.36. The fourth-order valence-corrected chi connectivity index (χ4v) is 2.33.